The summed E-state index contributed by atoms with van der Waals surface area (Å²) in [7, 11) is 0. The van der Waals surface area contributed by atoms with E-state index in [0.717, 1.165) is 45.7 Å². The lowest BCUT2D eigenvalue weighted by molar-refractivity contribution is 0.663. The van der Waals surface area contributed by atoms with Crippen molar-refractivity contribution in [2.24, 2.45) is 0 Å². The Balaban J connectivity index is 1.59. The number of rotatable bonds is 4. The highest BCUT2D eigenvalue weighted by atomic mass is 32.2. The molecule has 0 atom stereocenters. The molecular weight excluding hydrogens is 360 g/mol. The molecule has 0 unspecified atom stereocenters. The molecule has 0 radical (unpaired) electrons. The lowest BCUT2D eigenvalue weighted by Gasteiger charge is -2.13. The van der Waals surface area contributed by atoms with E-state index in [2.05, 4.69) is 19.9 Å². The molecule has 1 aromatic carbocycles. The number of hydrogen-bond donors (Lipinski definition) is 1. The lowest BCUT2D eigenvalue weighted by atomic mass is 10.1. The maximum atomic E-state index is 13.2. The second kappa shape index (κ2) is 6.16. The molecule has 0 aliphatic heterocycles. The van der Waals surface area contributed by atoms with Gasteiger partial charge in [0, 0.05) is 6.04 Å². The van der Waals surface area contributed by atoms with E-state index in [1.54, 1.807) is 18.1 Å². The van der Waals surface area contributed by atoms with Crippen LogP contribution in [0.3, 0.4) is 0 Å². The highest BCUT2D eigenvalue weighted by Crippen LogP contribution is 2.36. The van der Waals surface area contributed by atoms with Crippen molar-refractivity contribution in [1.29, 1.82) is 0 Å². The molecule has 3 aromatic heterocycles. The number of nitrogens with zero attached hydrogens (tertiary/aromatic N) is 5. The zero-order valence-electron chi connectivity index (χ0n) is 15.1. The van der Waals surface area contributed by atoms with Crippen LogP contribution >= 0.6 is 11.8 Å². The number of hydrogen-bond acceptors (Lipinski definition) is 6. The fourth-order valence-electron chi connectivity index (χ4n) is 3.41. The van der Waals surface area contributed by atoms with E-state index in [-0.39, 0.29) is 11.6 Å². The normalized spacial score (nSPS) is 14.3. The van der Waals surface area contributed by atoms with Gasteiger partial charge in [-0.3, -0.25) is 9.36 Å². The number of thioether (sulfide) groups is 1. The van der Waals surface area contributed by atoms with Crippen LogP contribution in [0.5, 0.6) is 0 Å². The smallest absolute Gasteiger partial charge is 0.261 e. The fourth-order valence-corrected chi connectivity index (χ4v) is 4.37. The van der Waals surface area contributed by atoms with Crippen LogP contribution in [0, 0.1) is 13.8 Å². The van der Waals surface area contributed by atoms with Crippen LogP contribution in [0.25, 0.3) is 22.1 Å². The third-order valence-corrected chi connectivity index (χ3v) is 5.80. The van der Waals surface area contributed by atoms with Crippen molar-refractivity contribution in [1.82, 2.24) is 29.5 Å². The minimum Gasteiger partial charge on any atom is -0.341 e. The predicted octanol–water partition coefficient (Wildman–Crippen LogP) is 3.31. The van der Waals surface area contributed by atoms with Crippen LogP contribution in [0.1, 0.15) is 36.1 Å². The van der Waals surface area contributed by atoms with E-state index < -0.39 is 0 Å². The van der Waals surface area contributed by atoms with Crippen molar-refractivity contribution in [3.05, 3.63) is 52.1 Å². The minimum absolute atomic E-state index is 0.0711. The van der Waals surface area contributed by atoms with E-state index in [1.807, 2.05) is 36.6 Å². The number of benzene rings is 1. The first kappa shape index (κ1) is 16.4. The van der Waals surface area contributed by atoms with Crippen molar-refractivity contribution in [2.75, 3.05) is 0 Å². The summed E-state index contributed by atoms with van der Waals surface area (Å²) in [5.74, 6) is 2.05. The van der Waals surface area contributed by atoms with Crippen LogP contribution in [-0.4, -0.2) is 29.5 Å². The van der Waals surface area contributed by atoms with Gasteiger partial charge < -0.3 is 4.98 Å². The first-order chi connectivity index (χ1) is 13.1. The average molecular weight is 378 g/mol. The molecule has 1 saturated carbocycles. The highest BCUT2D eigenvalue weighted by Gasteiger charge is 2.28. The SMILES string of the molecule is Cc1nc(SCc2nc3cccc(C)c3c(=O)n2C2CC2)c2[nH]cnc2n1. The van der Waals surface area contributed by atoms with Crippen molar-refractivity contribution in [2.45, 2.75) is 43.5 Å². The summed E-state index contributed by atoms with van der Waals surface area (Å²) in [4.78, 5) is 34.2. The van der Waals surface area contributed by atoms with Crippen molar-refractivity contribution < 1.29 is 0 Å². The molecule has 0 spiro atoms. The number of aromatic nitrogens is 6. The Bertz CT molecular complexity index is 1240. The summed E-state index contributed by atoms with van der Waals surface area (Å²) >= 11 is 1.56. The molecule has 4 aromatic rings. The van der Waals surface area contributed by atoms with Gasteiger partial charge in [-0.05, 0) is 38.3 Å². The van der Waals surface area contributed by atoms with Crippen LogP contribution in [0.15, 0.2) is 34.3 Å². The third-order valence-electron chi connectivity index (χ3n) is 4.83. The van der Waals surface area contributed by atoms with E-state index in [4.69, 9.17) is 4.98 Å². The van der Waals surface area contributed by atoms with Gasteiger partial charge in [0.15, 0.2) is 5.65 Å². The number of aromatic amines is 1. The van der Waals surface area contributed by atoms with Gasteiger partial charge in [0.25, 0.3) is 5.56 Å². The Hall–Kier alpha value is -2.74. The molecule has 0 bridgehead atoms. The van der Waals surface area contributed by atoms with Gasteiger partial charge in [-0.15, -0.1) is 0 Å². The standard InChI is InChI=1S/C19H18N6OS/c1-10-4-3-5-13-15(10)19(26)25(12-6-7-12)14(24-13)8-27-18-16-17(21-9-20-16)22-11(2)23-18/h3-5,9,12H,6-8H2,1-2H3,(H,20,21,22,23). The van der Waals surface area contributed by atoms with Gasteiger partial charge in [0.2, 0.25) is 0 Å². The number of aryl methyl sites for hydroxylation is 2. The molecule has 0 amide bonds. The Morgan fingerprint density at radius 2 is 2.07 bits per heavy atom. The molecule has 1 N–H and O–H groups in total. The lowest BCUT2D eigenvalue weighted by Crippen LogP contribution is -2.25. The van der Waals surface area contributed by atoms with E-state index in [9.17, 15) is 4.79 Å². The number of fused-ring (bicyclic) bond motifs is 2. The number of H-pyrrole nitrogens is 1. The molecule has 5 rings (SSSR count). The summed E-state index contributed by atoms with van der Waals surface area (Å²) in [6.07, 6.45) is 3.70. The predicted molar refractivity (Wildman–Crippen MR) is 105 cm³/mol. The maximum absolute atomic E-state index is 13.2. The quantitative estimate of drug-likeness (QED) is 0.433. The Morgan fingerprint density at radius 3 is 2.89 bits per heavy atom. The van der Waals surface area contributed by atoms with Crippen LogP contribution in [0.2, 0.25) is 0 Å². The Morgan fingerprint density at radius 1 is 1.22 bits per heavy atom. The van der Waals surface area contributed by atoms with Gasteiger partial charge in [0.05, 0.1) is 23.0 Å². The van der Waals surface area contributed by atoms with Crippen LogP contribution in [-0.2, 0) is 5.75 Å². The zero-order valence-corrected chi connectivity index (χ0v) is 15.9. The molecule has 7 nitrogen and oxygen atoms in total. The molecule has 136 valence electrons. The van der Waals surface area contributed by atoms with Crippen molar-refractivity contribution >= 4 is 33.8 Å². The Labute approximate surface area is 159 Å². The Kier molecular flexibility index (Phi) is 3.75. The molecule has 1 fully saturated rings. The molecule has 27 heavy (non-hydrogen) atoms. The molecule has 1 aliphatic rings. The first-order valence-electron chi connectivity index (χ1n) is 8.93. The molecular formula is C19H18N6OS. The van der Waals surface area contributed by atoms with E-state index in [1.165, 1.54) is 0 Å². The minimum atomic E-state index is 0.0711. The molecule has 1 aliphatic carbocycles. The highest BCUT2D eigenvalue weighted by molar-refractivity contribution is 7.98. The maximum Gasteiger partial charge on any atom is 0.261 e. The van der Waals surface area contributed by atoms with E-state index >= 15 is 0 Å². The third kappa shape index (κ3) is 2.80. The van der Waals surface area contributed by atoms with Crippen LogP contribution in [0.4, 0.5) is 0 Å². The average Bonchev–Trinajstić information content (AvgIpc) is 3.36. The zero-order chi connectivity index (χ0) is 18.5. The number of nitrogens with one attached hydrogen (secondary N) is 1. The summed E-state index contributed by atoms with van der Waals surface area (Å²) in [6.45, 7) is 3.82. The second-order valence-corrected chi connectivity index (χ2v) is 7.83. The summed E-state index contributed by atoms with van der Waals surface area (Å²) in [5.41, 5.74) is 3.29. The van der Waals surface area contributed by atoms with Gasteiger partial charge in [-0.2, -0.15) is 0 Å². The van der Waals surface area contributed by atoms with Crippen LogP contribution < -0.4 is 5.56 Å². The van der Waals surface area contributed by atoms with Gasteiger partial charge in [0.1, 0.15) is 22.2 Å². The van der Waals surface area contributed by atoms with E-state index in [0.29, 0.717) is 17.2 Å². The topological polar surface area (TPSA) is 89.4 Å². The fraction of sp³-hybridized carbons (Fsp3) is 0.316. The molecule has 3 heterocycles. The largest absolute Gasteiger partial charge is 0.341 e. The molecule has 0 saturated heterocycles. The summed E-state index contributed by atoms with van der Waals surface area (Å²) in [5, 5.41) is 1.56. The molecule has 8 heteroatoms. The van der Waals surface area contributed by atoms with Gasteiger partial charge >= 0.3 is 0 Å². The first-order valence-corrected chi connectivity index (χ1v) is 9.91. The second-order valence-electron chi connectivity index (χ2n) is 6.87. The van der Waals surface area contributed by atoms with Crippen molar-refractivity contribution in [3.8, 4) is 0 Å². The summed E-state index contributed by atoms with van der Waals surface area (Å²) < 4.78 is 1.89. The number of imidazole rings is 1. The van der Waals surface area contributed by atoms with Gasteiger partial charge in [-0.1, -0.05) is 23.9 Å². The summed E-state index contributed by atoms with van der Waals surface area (Å²) in [6, 6.07) is 6.10. The van der Waals surface area contributed by atoms with Gasteiger partial charge in [-0.25, -0.2) is 19.9 Å². The monoisotopic (exact) mass is 378 g/mol. The van der Waals surface area contributed by atoms with Crippen molar-refractivity contribution in [3.63, 3.8) is 0 Å².